The molecule has 2 fully saturated rings. The number of fused-ring (bicyclic) bond motifs is 1. The molecule has 0 amide bonds. The van der Waals surface area contributed by atoms with Crippen LogP contribution in [0.3, 0.4) is 0 Å². The van der Waals surface area contributed by atoms with Gasteiger partial charge in [-0.15, -0.1) is 10.2 Å². The lowest BCUT2D eigenvalue weighted by atomic mass is 9.85. The third-order valence-electron chi connectivity index (χ3n) is 4.64. The predicted molar refractivity (Wildman–Crippen MR) is 71.0 cm³/mol. The number of carboxylic acids is 1. The largest absolute Gasteiger partial charge is 0.480 e. The van der Waals surface area contributed by atoms with Gasteiger partial charge in [-0.2, -0.15) is 0 Å². The molecule has 0 radical (unpaired) electrons. The van der Waals surface area contributed by atoms with Crippen LogP contribution in [0, 0.1) is 5.92 Å². The number of aryl methyl sites for hydroxylation is 1. The Balaban J connectivity index is 1.78. The average Bonchev–Trinajstić information content (AvgIpc) is 3.04. The molecule has 1 saturated carbocycles. The standard InChI is InChI=1S/C14H21N3O3/c1-2-12-15-16-13(20-12)8-17-10-6-4-3-5-9(10)7-11(17)14(18)19/h9-11H,2-8H2,1H3,(H,18,19). The highest BCUT2D eigenvalue weighted by Gasteiger charge is 2.45. The molecule has 1 saturated heterocycles. The van der Waals surface area contributed by atoms with Crippen molar-refractivity contribution in [2.45, 2.75) is 64.1 Å². The average molecular weight is 279 g/mol. The molecule has 1 aliphatic heterocycles. The van der Waals surface area contributed by atoms with Gasteiger partial charge in [-0.05, 0) is 25.2 Å². The molecule has 2 heterocycles. The first kappa shape index (κ1) is 13.5. The van der Waals surface area contributed by atoms with Crippen LogP contribution < -0.4 is 0 Å². The van der Waals surface area contributed by atoms with Gasteiger partial charge >= 0.3 is 5.97 Å². The molecule has 3 rings (SSSR count). The predicted octanol–water partition coefficient (Wildman–Crippen LogP) is 1.85. The fourth-order valence-corrected chi connectivity index (χ4v) is 3.67. The maximum Gasteiger partial charge on any atom is 0.320 e. The smallest absolute Gasteiger partial charge is 0.320 e. The summed E-state index contributed by atoms with van der Waals surface area (Å²) in [5.41, 5.74) is 0. The van der Waals surface area contributed by atoms with Gasteiger partial charge < -0.3 is 9.52 Å². The number of carbonyl (C=O) groups is 1. The summed E-state index contributed by atoms with van der Waals surface area (Å²) in [6.07, 6.45) is 6.12. The summed E-state index contributed by atoms with van der Waals surface area (Å²) in [6, 6.07) is -0.0399. The number of carboxylic acid groups (broad SMARTS) is 1. The van der Waals surface area contributed by atoms with E-state index in [9.17, 15) is 9.90 Å². The molecule has 0 bridgehead atoms. The number of nitrogens with zero attached hydrogens (tertiary/aromatic N) is 3. The maximum absolute atomic E-state index is 11.5. The Morgan fingerprint density at radius 3 is 2.80 bits per heavy atom. The monoisotopic (exact) mass is 279 g/mol. The number of hydrogen-bond donors (Lipinski definition) is 1. The molecule has 1 aliphatic carbocycles. The lowest BCUT2D eigenvalue weighted by Crippen LogP contribution is -2.41. The van der Waals surface area contributed by atoms with Crippen molar-refractivity contribution in [1.29, 1.82) is 0 Å². The zero-order chi connectivity index (χ0) is 14.1. The minimum atomic E-state index is -0.727. The van der Waals surface area contributed by atoms with Gasteiger partial charge in [0.15, 0.2) is 0 Å². The van der Waals surface area contributed by atoms with Crippen LogP contribution in [-0.4, -0.2) is 38.3 Å². The van der Waals surface area contributed by atoms with Crippen LogP contribution >= 0.6 is 0 Å². The van der Waals surface area contributed by atoms with E-state index in [0.29, 0.717) is 36.7 Å². The molecule has 1 aromatic heterocycles. The minimum Gasteiger partial charge on any atom is -0.480 e. The van der Waals surface area contributed by atoms with Crippen molar-refractivity contribution in [1.82, 2.24) is 15.1 Å². The molecule has 20 heavy (non-hydrogen) atoms. The van der Waals surface area contributed by atoms with Crippen molar-refractivity contribution in [2.24, 2.45) is 5.92 Å². The van der Waals surface area contributed by atoms with Crippen LogP contribution in [0.1, 0.15) is 50.8 Å². The van der Waals surface area contributed by atoms with E-state index >= 15 is 0 Å². The van der Waals surface area contributed by atoms with E-state index in [-0.39, 0.29) is 0 Å². The summed E-state index contributed by atoms with van der Waals surface area (Å²) < 4.78 is 5.55. The van der Waals surface area contributed by atoms with Gasteiger partial charge in [-0.1, -0.05) is 19.8 Å². The molecule has 1 aromatic rings. The first-order valence-electron chi connectivity index (χ1n) is 7.49. The van der Waals surface area contributed by atoms with Crippen molar-refractivity contribution in [2.75, 3.05) is 0 Å². The van der Waals surface area contributed by atoms with Gasteiger partial charge in [0.05, 0.1) is 6.54 Å². The number of aromatic nitrogens is 2. The zero-order valence-corrected chi connectivity index (χ0v) is 11.8. The number of rotatable bonds is 4. The highest BCUT2D eigenvalue weighted by molar-refractivity contribution is 5.74. The minimum absolute atomic E-state index is 0.363. The van der Waals surface area contributed by atoms with E-state index in [1.807, 2.05) is 6.92 Å². The second kappa shape index (κ2) is 5.52. The first-order chi connectivity index (χ1) is 9.69. The Morgan fingerprint density at radius 2 is 2.10 bits per heavy atom. The Labute approximate surface area is 118 Å². The van der Waals surface area contributed by atoms with Gasteiger partial charge in [0.25, 0.3) is 0 Å². The summed E-state index contributed by atoms with van der Waals surface area (Å²) in [5.74, 6) is 0.943. The molecule has 110 valence electrons. The van der Waals surface area contributed by atoms with E-state index in [1.54, 1.807) is 0 Å². The van der Waals surface area contributed by atoms with E-state index < -0.39 is 12.0 Å². The van der Waals surface area contributed by atoms with Crippen LogP contribution in [0.2, 0.25) is 0 Å². The normalized spacial score (nSPS) is 30.4. The lowest BCUT2D eigenvalue weighted by Gasteiger charge is -2.31. The van der Waals surface area contributed by atoms with Gasteiger partial charge in [0.2, 0.25) is 11.8 Å². The van der Waals surface area contributed by atoms with Crippen molar-refractivity contribution in [3.8, 4) is 0 Å². The second-order valence-electron chi connectivity index (χ2n) is 5.82. The summed E-state index contributed by atoms with van der Waals surface area (Å²) >= 11 is 0. The summed E-state index contributed by atoms with van der Waals surface area (Å²) in [7, 11) is 0. The molecule has 6 nitrogen and oxygen atoms in total. The summed E-state index contributed by atoms with van der Waals surface area (Å²) in [5, 5.41) is 17.4. The Morgan fingerprint density at radius 1 is 1.35 bits per heavy atom. The van der Waals surface area contributed by atoms with E-state index in [0.717, 1.165) is 19.3 Å². The van der Waals surface area contributed by atoms with E-state index in [4.69, 9.17) is 4.42 Å². The Bertz CT molecular complexity index is 488. The quantitative estimate of drug-likeness (QED) is 0.906. The maximum atomic E-state index is 11.5. The summed E-state index contributed by atoms with van der Waals surface area (Å²) in [6.45, 7) is 2.43. The molecule has 2 aliphatic rings. The Kier molecular flexibility index (Phi) is 3.74. The molecule has 3 atom stereocenters. The van der Waals surface area contributed by atoms with Gasteiger partial charge in [0, 0.05) is 12.5 Å². The second-order valence-corrected chi connectivity index (χ2v) is 5.82. The Hall–Kier alpha value is -1.43. The van der Waals surface area contributed by atoms with E-state index in [1.165, 1.54) is 12.8 Å². The van der Waals surface area contributed by atoms with Crippen molar-refractivity contribution in [3.05, 3.63) is 11.8 Å². The molecule has 0 aromatic carbocycles. The molecular formula is C14H21N3O3. The fraction of sp³-hybridized carbons (Fsp3) is 0.786. The van der Waals surface area contributed by atoms with Gasteiger partial charge in [-0.25, -0.2) is 0 Å². The van der Waals surface area contributed by atoms with Crippen molar-refractivity contribution < 1.29 is 14.3 Å². The fourth-order valence-electron chi connectivity index (χ4n) is 3.67. The van der Waals surface area contributed by atoms with Gasteiger partial charge in [0.1, 0.15) is 6.04 Å². The lowest BCUT2D eigenvalue weighted by molar-refractivity contribution is -0.143. The zero-order valence-electron chi connectivity index (χ0n) is 11.8. The third-order valence-corrected chi connectivity index (χ3v) is 4.64. The highest BCUT2D eigenvalue weighted by Crippen LogP contribution is 2.40. The number of likely N-dealkylation sites (tertiary alicyclic amines) is 1. The van der Waals surface area contributed by atoms with Crippen LogP contribution in [0.15, 0.2) is 4.42 Å². The van der Waals surface area contributed by atoms with Gasteiger partial charge in [-0.3, -0.25) is 9.69 Å². The topological polar surface area (TPSA) is 79.5 Å². The summed E-state index contributed by atoms with van der Waals surface area (Å²) in [4.78, 5) is 13.6. The number of hydrogen-bond acceptors (Lipinski definition) is 5. The SMILES string of the molecule is CCc1nnc(CN2C(C(=O)O)CC3CCCCC32)o1. The van der Waals surface area contributed by atoms with Crippen LogP contribution in [0.25, 0.3) is 0 Å². The molecule has 6 heteroatoms. The van der Waals surface area contributed by atoms with Crippen molar-refractivity contribution in [3.63, 3.8) is 0 Å². The van der Waals surface area contributed by atoms with Crippen molar-refractivity contribution >= 4 is 5.97 Å². The molecule has 3 unspecified atom stereocenters. The molecular weight excluding hydrogens is 258 g/mol. The molecule has 1 N–H and O–H groups in total. The third kappa shape index (κ3) is 2.44. The van der Waals surface area contributed by atoms with Crippen LogP contribution in [0.4, 0.5) is 0 Å². The number of aliphatic carboxylic acids is 1. The van der Waals surface area contributed by atoms with E-state index in [2.05, 4.69) is 15.1 Å². The first-order valence-corrected chi connectivity index (χ1v) is 7.49. The molecule has 0 spiro atoms. The van der Waals surface area contributed by atoms with Crippen LogP contribution in [0.5, 0.6) is 0 Å². The highest BCUT2D eigenvalue weighted by atomic mass is 16.4. The van der Waals surface area contributed by atoms with Crippen LogP contribution in [-0.2, 0) is 17.8 Å².